The van der Waals surface area contributed by atoms with Crippen molar-refractivity contribution in [2.75, 3.05) is 5.32 Å². The van der Waals surface area contributed by atoms with Gasteiger partial charge in [0.1, 0.15) is 5.82 Å². The minimum atomic E-state index is -0.967. The van der Waals surface area contributed by atoms with E-state index in [0.717, 1.165) is 11.4 Å². The molecule has 2 aromatic heterocycles. The van der Waals surface area contributed by atoms with Gasteiger partial charge in [0.15, 0.2) is 0 Å². The molecule has 0 unspecified atom stereocenters. The largest absolute Gasteiger partial charge is 0.478 e. The van der Waals surface area contributed by atoms with E-state index in [4.69, 9.17) is 5.11 Å². The maximum atomic E-state index is 10.9. The van der Waals surface area contributed by atoms with E-state index in [1.807, 2.05) is 19.1 Å². The van der Waals surface area contributed by atoms with Crippen molar-refractivity contribution >= 4 is 17.5 Å². The van der Waals surface area contributed by atoms with Crippen LogP contribution in [0.4, 0.5) is 11.5 Å². The Morgan fingerprint density at radius 2 is 2.00 bits per heavy atom. The molecule has 2 heterocycles. The summed E-state index contributed by atoms with van der Waals surface area (Å²) in [5, 5.41) is 12.0. The third kappa shape index (κ3) is 2.82. The fraction of sp³-hybridized carbons (Fsp3) is 0.154. The quantitative estimate of drug-likeness (QED) is 0.866. The number of carboxylic acid groups (broad SMARTS) is 1. The second-order valence-electron chi connectivity index (χ2n) is 4.00. The van der Waals surface area contributed by atoms with Crippen molar-refractivity contribution in [1.29, 1.82) is 0 Å². The van der Waals surface area contributed by atoms with Crippen molar-refractivity contribution < 1.29 is 9.90 Å². The van der Waals surface area contributed by atoms with E-state index in [1.54, 1.807) is 13.1 Å². The number of hydrogen-bond donors (Lipinski definition) is 2. The molecule has 0 saturated heterocycles. The summed E-state index contributed by atoms with van der Waals surface area (Å²) in [7, 11) is 0. The number of rotatable bonds is 3. The van der Waals surface area contributed by atoms with Crippen LogP contribution in [-0.2, 0) is 0 Å². The summed E-state index contributed by atoms with van der Waals surface area (Å²) in [6, 6.07) is 6.76. The molecule has 0 saturated carbocycles. The van der Waals surface area contributed by atoms with Crippen molar-refractivity contribution in [3.05, 3.63) is 47.4 Å². The smallest absolute Gasteiger partial charge is 0.335 e. The summed E-state index contributed by atoms with van der Waals surface area (Å²) in [4.78, 5) is 19.3. The highest BCUT2D eigenvalue weighted by Gasteiger charge is 2.06. The van der Waals surface area contributed by atoms with Gasteiger partial charge in [-0.2, -0.15) is 0 Å². The van der Waals surface area contributed by atoms with Crippen LogP contribution < -0.4 is 5.32 Å². The van der Waals surface area contributed by atoms with Gasteiger partial charge in [-0.15, -0.1) is 0 Å². The van der Waals surface area contributed by atoms with Gasteiger partial charge in [-0.05, 0) is 38.1 Å². The van der Waals surface area contributed by atoms with E-state index < -0.39 is 5.97 Å². The monoisotopic (exact) mass is 243 g/mol. The van der Waals surface area contributed by atoms with Gasteiger partial charge in [0.2, 0.25) is 0 Å². The third-order valence-corrected chi connectivity index (χ3v) is 2.38. The maximum Gasteiger partial charge on any atom is 0.335 e. The summed E-state index contributed by atoms with van der Waals surface area (Å²) >= 11 is 0. The van der Waals surface area contributed by atoms with Gasteiger partial charge in [0.05, 0.1) is 17.4 Å². The van der Waals surface area contributed by atoms with Crippen LogP contribution in [0.2, 0.25) is 0 Å². The minimum absolute atomic E-state index is 0.213. The molecule has 5 heteroatoms. The van der Waals surface area contributed by atoms with E-state index in [-0.39, 0.29) is 5.56 Å². The van der Waals surface area contributed by atoms with Crippen LogP contribution >= 0.6 is 0 Å². The molecule has 5 nitrogen and oxygen atoms in total. The predicted molar refractivity (Wildman–Crippen MR) is 68.2 cm³/mol. The molecule has 2 rings (SSSR count). The fourth-order valence-electron chi connectivity index (χ4n) is 1.55. The van der Waals surface area contributed by atoms with E-state index >= 15 is 0 Å². The molecule has 0 aliphatic rings. The van der Waals surface area contributed by atoms with Crippen LogP contribution in [-0.4, -0.2) is 21.0 Å². The van der Waals surface area contributed by atoms with Crippen molar-refractivity contribution in [3.63, 3.8) is 0 Å². The first-order valence-corrected chi connectivity index (χ1v) is 5.46. The Balaban J connectivity index is 2.28. The number of carboxylic acids is 1. The van der Waals surface area contributed by atoms with Crippen molar-refractivity contribution in [1.82, 2.24) is 9.97 Å². The number of pyridine rings is 2. The summed E-state index contributed by atoms with van der Waals surface area (Å²) < 4.78 is 0. The molecule has 0 atom stereocenters. The summed E-state index contributed by atoms with van der Waals surface area (Å²) in [6.07, 6.45) is 1.68. The summed E-state index contributed by atoms with van der Waals surface area (Å²) in [5.74, 6) is -0.469. The average molecular weight is 243 g/mol. The Bertz CT molecular complexity index is 579. The first-order chi connectivity index (χ1) is 8.54. The lowest BCUT2D eigenvalue weighted by atomic mass is 10.2. The molecule has 0 spiro atoms. The van der Waals surface area contributed by atoms with Gasteiger partial charge < -0.3 is 10.4 Å². The van der Waals surface area contributed by atoms with Crippen molar-refractivity contribution in [2.45, 2.75) is 13.8 Å². The Morgan fingerprint density at radius 3 is 2.61 bits per heavy atom. The minimum Gasteiger partial charge on any atom is -0.478 e. The van der Waals surface area contributed by atoms with Gasteiger partial charge >= 0.3 is 5.97 Å². The van der Waals surface area contributed by atoms with Crippen LogP contribution in [0.15, 0.2) is 30.5 Å². The van der Waals surface area contributed by atoms with Gasteiger partial charge in [0.25, 0.3) is 0 Å². The van der Waals surface area contributed by atoms with Crippen LogP contribution in [0.3, 0.4) is 0 Å². The molecule has 18 heavy (non-hydrogen) atoms. The fourth-order valence-corrected chi connectivity index (χ4v) is 1.55. The zero-order chi connectivity index (χ0) is 13.1. The van der Waals surface area contributed by atoms with Crippen molar-refractivity contribution in [2.24, 2.45) is 0 Å². The molecule has 0 radical (unpaired) electrons. The van der Waals surface area contributed by atoms with Crippen molar-refractivity contribution in [3.8, 4) is 0 Å². The standard InChI is InChI=1S/C13H13N3O2/c1-8-3-4-11(7-14-8)16-12-6-10(13(17)18)5-9(2)15-12/h3-7H,1-2H3,(H,15,16)(H,17,18). The van der Waals surface area contributed by atoms with Crippen LogP contribution in [0.25, 0.3) is 0 Å². The summed E-state index contributed by atoms with van der Waals surface area (Å²) in [5.41, 5.74) is 2.56. The molecular formula is C13H13N3O2. The first-order valence-electron chi connectivity index (χ1n) is 5.46. The number of aryl methyl sites for hydroxylation is 2. The third-order valence-electron chi connectivity index (χ3n) is 2.38. The van der Waals surface area contributed by atoms with E-state index in [1.165, 1.54) is 12.1 Å². The van der Waals surface area contributed by atoms with Gasteiger partial charge in [0, 0.05) is 11.4 Å². The molecule has 0 aliphatic heterocycles. The van der Waals surface area contributed by atoms with Crippen LogP contribution in [0.5, 0.6) is 0 Å². The Kier molecular flexibility index (Phi) is 3.23. The highest BCUT2D eigenvalue weighted by Crippen LogP contribution is 2.16. The number of carbonyl (C=O) groups is 1. The molecule has 0 bridgehead atoms. The zero-order valence-electron chi connectivity index (χ0n) is 10.1. The van der Waals surface area contributed by atoms with Crippen LogP contribution in [0.1, 0.15) is 21.7 Å². The number of anilines is 2. The SMILES string of the molecule is Cc1ccc(Nc2cc(C(=O)O)cc(C)n2)cn1. The number of aromatic carboxylic acids is 1. The molecule has 2 N–H and O–H groups in total. The molecule has 92 valence electrons. The molecular weight excluding hydrogens is 230 g/mol. The highest BCUT2D eigenvalue weighted by atomic mass is 16.4. The average Bonchev–Trinajstić information content (AvgIpc) is 2.31. The van der Waals surface area contributed by atoms with Gasteiger partial charge in [-0.25, -0.2) is 9.78 Å². The molecule has 0 aliphatic carbocycles. The molecule has 2 aromatic rings. The van der Waals surface area contributed by atoms with Gasteiger partial charge in [-0.3, -0.25) is 4.98 Å². The second kappa shape index (κ2) is 4.83. The first kappa shape index (κ1) is 12.0. The number of nitrogens with one attached hydrogen (secondary N) is 1. The van der Waals surface area contributed by atoms with Gasteiger partial charge in [-0.1, -0.05) is 0 Å². The molecule has 0 aromatic carbocycles. The molecule has 0 amide bonds. The van der Waals surface area contributed by atoms with E-state index in [9.17, 15) is 4.79 Å². The highest BCUT2D eigenvalue weighted by molar-refractivity contribution is 5.88. The predicted octanol–water partition coefficient (Wildman–Crippen LogP) is 2.54. The second-order valence-corrected chi connectivity index (χ2v) is 4.00. The number of hydrogen-bond acceptors (Lipinski definition) is 4. The Hall–Kier alpha value is -2.43. The molecule has 0 fully saturated rings. The zero-order valence-corrected chi connectivity index (χ0v) is 10.1. The lowest BCUT2D eigenvalue weighted by Crippen LogP contribution is -2.02. The normalized spacial score (nSPS) is 10.1. The van der Waals surface area contributed by atoms with E-state index in [2.05, 4.69) is 15.3 Å². The van der Waals surface area contributed by atoms with Crippen LogP contribution in [0, 0.1) is 13.8 Å². The number of aromatic nitrogens is 2. The Morgan fingerprint density at radius 1 is 1.22 bits per heavy atom. The number of nitrogens with zero attached hydrogens (tertiary/aromatic N) is 2. The maximum absolute atomic E-state index is 10.9. The lowest BCUT2D eigenvalue weighted by Gasteiger charge is -2.07. The topological polar surface area (TPSA) is 75.1 Å². The summed E-state index contributed by atoms with van der Waals surface area (Å²) in [6.45, 7) is 3.65. The Labute approximate surface area is 105 Å². The lowest BCUT2D eigenvalue weighted by molar-refractivity contribution is 0.0696. The van der Waals surface area contributed by atoms with E-state index in [0.29, 0.717) is 11.5 Å².